The molecule has 0 bridgehead atoms. The van der Waals surface area contributed by atoms with Crippen LogP contribution in [0.2, 0.25) is 0 Å². The number of hydrogen-bond acceptors (Lipinski definition) is 5. The van der Waals surface area contributed by atoms with E-state index in [1.807, 2.05) is 0 Å². The molecule has 2 N–H and O–H groups in total. The summed E-state index contributed by atoms with van der Waals surface area (Å²) in [5.74, 6) is 0.566. The lowest BCUT2D eigenvalue weighted by molar-refractivity contribution is 0.331. The van der Waals surface area contributed by atoms with E-state index in [0.29, 0.717) is 23.7 Å². The van der Waals surface area contributed by atoms with Crippen molar-refractivity contribution in [2.24, 2.45) is 0 Å². The molecule has 7 heteroatoms. The van der Waals surface area contributed by atoms with Gasteiger partial charge in [0.1, 0.15) is 5.52 Å². The van der Waals surface area contributed by atoms with Crippen molar-refractivity contribution in [3.05, 3.63) is 52.1 Å². The largest absolute Gasteiger partial charge is 0.354 e. The number of benzene rings is 1. The van der Waals surface area contributed by atoms with Crippen LogP contribution in [0.1, 0.15) is 43.7 Å². The Morgan fingerprint density at radius 3 is 2.75 bits per heavy atom. The second kappa shape index (κ2) is 8.56. The van der Waals surface area contributed by atoms with E-state index in [9.17, 15) is 4.79 Å². The van der Waals surface area contributed by atoms with Crippen LogP contribution in [-0.4, -0.2) is 44.1 Å². The van der Waals surface area contributed by atoms with Gasteiger partial charge in [-0.3, -0.25) is 9.47 Å². The van der Waals surface area contributed by atoms with Crippen molar-refractivity contribution in [1.29, 1.82) is 0 Å². The lowest BCUT2D eigenvalue weighted by Crippen LogP contribution is -2.19. The minimum absolute atomic E-state index is 0.153. The molecule has 1 saturated heterocycles. The van der Waals surface area contributed by atoms with Gasteiger partial charge in [-0.2, -0.15) is 4.98 Å². The van der Waals surface area contributed by atoms with Gasteiger partial charge in [0.15, 0.2) is 5.65 Å². The van der Waals surface area contributed by atoms with Gasteiger partial charge >= 0.3 is 5.69 Å². The monoisotopic (exact) mass is 380 g/mol. The van der Waals surface area contributed by atoms with Crippen molar-refractivity contribution in [3.63, 3.8) is 0 Å². The number of rotatable bonds is 8. The number of H-pyrrole nitrogens is 1. The lowest BCUT2D eigenvalue weighted by atomic mass is 10.1. The van der Waals surface area contributed by atoms with Gasteiger partial charge in [-0.1, -0.05) is 37.6 Å². The van der Waals surface area contributed by atoms with Crippen molar-refractivity contribution in [3.8, 4) is 0 Å². The first-order valence-corrected chi connectivity index (χ1v) is 10.2. The first kappa shape index (κ1) is 18.7. The fraction of sp³-hybridized carbons (Fsp3) is 0.476. The van der Waals surface area contributed by atoms with Crippen molar-refractivity contribution >= 4 is 17.1 Å². The fourth-order valence-electron chi connectivity index (χ4n) is 3.76. The SMILES string of the molecule is CCCCNc1ncc2[nH]c(=O)n(Cc3cccc(CN4CCCC4)c3)c2n1. The van der Waals surface area contributed by atoms with E-state index in [4.69, 9.17) is 0 Å². The van der Waals surface area contributed by atoms with Gasteiger partial charge in [0, 0.05) is 13.1 Å². The summed E-state index contributed by atoms with van der Waals surface area (Å²) in [6.45, 7) is 6.80. The molecule has 1 aliphatic rings. The minimum Gasteiger partial charge on any atom is -0.354 e. The van der Waals surface area contributed by atoms with Crippen molar-refractivity contribution < 1.29 is 0 Å². The molecule has 28 heavy (non-hydrogen) atoms. The predicted octanol–water partition coefficient (Wildman–Crippen LogP) is 2.98. The normalized spacial score (nSPS) is 14.8. The molecule has 3 heterocycles. The number of fused-ring (bicyclic) bond motifs is 1. The van der Waals surface area contributed by atoms with Crippen LogP contribution in [-0.2, 0) is 13.1 Å². The highest BCUT2D eigenvalue weighted by molar-refractivity contribution is 5.71. The Morgan fingerprint density at radius 1 is 1.18 bits per heavy atom. The molecule has 0 saturated carbocycles. The van der Waals surface area contributed by atoms with Gasteiger partial charge in [0.25, 0.3) is 0 Å². The van der Waals surface area contributed by atoms with E-state index in [1.165, 1.54) is 31.5 Å². The van der Waals surface area contributed by atoms with Gasteiger partial charge in [-0.25, -0.2) is 9.78 Å². The Labute approximate surface area is 164 Å². The number of nitrogens with one attached hydrogen (secondary N) is 2. The molecular weight excluding hydrogens is 352 g/mol. The zero-order valence-corrected chi connectivity index (χ0v) is 16.4. The first-order valence-electron chi connectivity index (χ1n) is 10.2. The molecule has 0 amide bonds. The van der Waals surface area contributed by atoms with Crippen molar-refractivity contribution in [2.75, 3.05) is 25.0 Å². The molecule has 2 aromatic heterocycles. The van der Waals surface area contributed by atoms with Crippen LogP contribution in [0.25, 0.3) is 11.2 Å². The highest BCUT2D eigenvalue weighted by Crippen LogP contribution is 2.16. The number of nitrogens with zero attached hydrogens (tertiary/aromatic N) is 4. The average Bonchev–Trinajstić information content (AvgIpc) is 3.31. The Balaban J connectivity index is 1.55. The topological polar surface area (TPSA) is 78.8 Å². The second-order valence-corrected chi connectivity index (χ2v) is 7.53. The molecule has 0 spiro atoms. The molecule has 3 aromatic rings. The standard InChI is InChI=1S/C21H28N6O/c1-2-3-9-22-20-23-13-18-19(25-20)27(21(28)24-18)15-17-8-6-7-16(12-17)14-26-10-4-5-11-26/h6-8,12-13H,2-5,9-11,14-15H2,1H3,(H,24,28)(H,22,23,25). The third kappa shape index (κ3) is 4.25. The van der Waals surface area contributed by atoms with Crippen LogP contribution in [0, 0.1) is 0 Å². The van der Waals surface area contributed by atoms with Gasteiger partial charge in [0.2, 0.25) is 5.95 Å². The fourth-order valence-corrected chi connectivity index (χ4v) is 3.76. The number of aromatic amines is 1. The summed E-state index contributed by atoms with van der Waals surface area (Å²) in [7, 11) is 0. The number of unbranched alkanes of at least 4 members (excludes halogenated alkanes) is 1. The van der Waals surface area contributed by atoms with E-state index in [2.05, 4.69) is 56.4 Å². The Bertz CT molecular complexity index is 986. The molecule has 148 valence electrons. The van der Waals surface area contributed by atoms with Crippen molar-refractivity contribution in [1.82, 2.24) is 24.4 Å². The zero-order valence-electron chi connectivity index (χ0n) is 16.4. The van der Waals surface area contributed by atoms with Crippen LogP contribution in [0.5, 0.6) is 0 Å². The van der Waals surface area contributed by atoms with Gasteiger partial charge < -0.3 is 10.3 Å². The number of anilines is 1. The third-order valence-corrected chi connectivity index (χ3v) is 5.26. The summed E-state index contributed by atoms with van der Waals surface area (Å²) in [5, 5.41) is 3.23. The summed E-state index contributed by atoms with van der Waals surface area (Å²) in [6.07, 6.45) is 6.43. The van der Waals surface area contributed by atoms with E-state index in [0.717, 1.165) is 31.5 Å². The number of hydrogen-bond donors (Lipinski definition) is 2. The zero-order chi connectivity index (χ0) is 19.3. The molecule has 0 unspecified atom stereocenters. The van der Waals surface area contributed by atoms with Crippen LogP contribution >= 0.6 is 0 Å². The van der Waals surface area contributed by atoms with E-state index in [-0.39, 0.29) is 5.69 Å². The summed E-state index contributed by atoms with van der Waals surface area (Å²) in [4.78, 5) is 26.7. The predicted molar refractivity (Wildman–Crippen MR) is 112 cm³/mol. The highest BCUT2D eigenvalue weighted by Gasteiger charge is 2.13. The van der Waals surface area contributed by atoms with Crippen LogP contribution < -0.4 is 11.0 Å². The Morgan fingerprint density at radius 2 is 1.96 bits per heavy atom. The van der Waals surface area contributed by atoms with E-state index < -0.39 is 0 Å². The summed E-state index contributed by atoms with van der Waals surface area (Å²) in [6, 6.07) is 8.51. The lowest BCUT2D eigenvalue weighted by Gasteiger charge is -2.15. The smallest absolute Gasteiger partial charge is 0.328 e. The van der Waals surface area contributed by atoms with Crippen molar-refractivity contribution in [2.45, 2.75) is 45.7 Å². The molecule has 1 fully saturated rings. The maximum atomic E-state index is 12.5. The molecule has 7 nitrogen and oxygen atoms in total. The minimum atomic E-state index is -0.153. The molecule has 1 aromatic carbocycles. The van der Waals surface area contributed by atoms with Gasteiger partial charge in [-0.05, 0) is 43.5 Å². The van der Waals surface area contributed by atoms with Crippen LogP contribution in [0.3, 0.4) is 0 Å². The highest BCUT2D eigenvalue weighted by atomic mass is 16.1. The summed E-state index contributed by atoms with van der Waals surface area (Å²) in [5.41, 5.74) is 3.56. The van der Waals surface area contributed by atoms with E-state index in [1.54, 1.807) is 10.8 Å². The van der Waals surface area contributed by atoms with Gasteiger partial charge in [-0.15, -0.1) is 0 Å². The number of imidazole rings is 1. The molecule has 0 radical (unpaired) electrons. The maximum Gasteiger partial charge on any atom is 0.328 e. The molecule has 0 aliphatic carbocycles. The van der Waals surface area contributed by atoms with Crippen LogP contribution in [0.15, 0.2) is 35.3 Å². The molecule has 1 aliphatic heterocycles. The Hall–Kier alpha value is -2.67. The molecule has 4 rings (SSSR count). The molecule has 0 atom stereocenters. The summed E-state index contributed by atoms with van der Waals surface area (Å²) >= 11 is 0. The van der Waals surface area contributed by atoms with Gasteiger partial charge in [0.05, 0.1) is 12.7 Å². The Kier molecular flexibility index (Phi) is 5.71. The first-order chi connectivity index (χ1) is 13.7. The number of aromatic nitrogens is 4. The second-order valence-electron chi connectivity index (χ2n) is 7.53. The maximum absolute atomic E-state index is 12.5. The third-order valence-electron chi connectivity index (χ3n) is 5.26. The molecular formula is C21H28N6O. The summed E-state index contributed by atoms with van der Waals surface area (Å²) < 4.78 is 1.69. The van der Waals surface area contributed by atoms with E-state index >= 15 is 0 Å². The quantitative estimate of drug-likeness (QED) is 0.588. The van der Waals surface area contributed by atoms with Crippen LogP contribution in [0.4, 0.5) is 5.95 Å². The number of likely N-dealkylation sites (tertiary alicyclic amines) is 1. The average molecular weight is 380 g/mol.